The van der Waals surface area contributed by atoms with Crippen molar-refractivity contribution in [1.82, 2.24) is 0 Å². The van der Waals surface area contributed by atoms with Crippen molar-refractivity contribution in [2.24, 2.45) is 0 Å². The van der Waals surface area contributed by atoms with Crippen LogP contribution in [0.5, 0.6) is 11.5 Å². The highest BCUT2D eigenvalue weighted by Gasteiger charge is 2.17. The third kappa shape index (κ3) is 1.92. The number of fused-ring (bicyclic) bond motifs is 1. The van der Waals surface area contributed by atoms with Gasteiger partial charge in [0.05, 0.1) is 0 Å². The maximum Gasteiger partial charge on any atom is 0.162 e. The van der Waals surface area contributed by atoms with Gasteiger partial charge in [-0.1, -0.05) is 18.5 Å². The molecule has 80 valence electrons. The van der Waals surface area contributed by atoms with Crippen molar-refractivity contribution in [2.75, 3.05) is 13.2 Å². The Bertz CT molecular complexity index is 390. The Hall–Kier alpha value is -1.22. The fourth-order valence-electron chi connectivity index (χ4n) is 1.50. The highest BCUT2D eigenvalue weighted by molar-refractivity contribution is 6.31. The number of halogens is 1. The van der Waals surface area contributed by atoms with Gasteiger partial charge in [-0.15, -0.1) is 0 Å². The predicted octanol–water partition coefficient (Wildman–Crippen LogP) is 2.41. The number of hydrogen-bond donors (Lipinski definition) is 0. The first kappa shape index (κ1) is 10.3. The van der Waals surface area contributed by atoms with Gasteiger partial charge in [-0.2, -0.15) is 0 Å². The van der Waals surface area contributed by atoms with Crippen LogP contribution in [0.4, 0.5) is 0 Å². The quantitative estimate of drug-likeness (QED) is 0.727. The summed E-state index contributed by atoms with van der Waals surface area (Å²) in [6.45, 7) is 2.86. The molecule has 0 fully saturated rings. The van der Waals surface area contributed by atoms with Crippen molar-refractivity contribution in [3.05, 3.63) is 22.7 Å². The third-order valence-corrected chi connectivity index (χ3v) is 2.68. The van der Waals surface area contributed by atoms with Gasteiger partial charge in [0.25, 0.3) is 0 Å². The summed E-state index contributed by atoms with van der Waals surface area (Å²) in [7, 11) is 0. The van der Waals surface area contributed by atoms with E-state index in [2.05, 4.69) is 0 Å². The van der Waals surface area contributed by atoms with Crippen LogP contribution in [0.3, 0.4) is 0 Å². The van der Waals surface area contributed by atoms with Gasteiger partial charge in [0, 0.05) is 17.0 Å². The number of hydrogen-bond acceptors (Lipinski definition) is 3. The second-order valence-electron chi connectivity index (χ2n) is 3.44. The van der Waals surface area contributed by atoms with Gasteiger partial charge in [0.1, 0.15) is 19.5 Å². The number of ether oxygens (including phenoxy) is 2. The summed E-state index contributed by atoms with van der Waals surface area (Å²) < 4.78 is 10.8. The lowest BCUT2D eigenvalue weighted by Gasteiger charge is -2.20. The summed E-state index contributed by atoms with van der Waals surface area (Å²) in [6, 6.07) is 3.47. The highest BCUT2D eigenvalue weighted by atomic mass is 35.5. The Morgan fingerprint density at radius 3 is 2.53 bits per heavy atom. The van der Waals surface area contributed by atoms with Crippen molar-refractivity contribution in [3.63, 3.8) is 0 Å². The zero-order chi connectivity index (χ0) is 10.8. The standard InChI is InChI=1S/C11H11ClO3/c1-7(6-13)8-4-10-11(5-9(8)12)15-3-2-14-10/h4-7H,2-3H2,1H3. The Balaban J connectivity index is 2.44. The van der Waals surface area contributed by atoms with Gasteiger partial charge in [-0.3, -0.25) is 0 Å². The Morgan fingerprint density at radius 1 is 1.33 bits per heavy atom. The first-order valence-corrected chi connectivity index (χ1v) is 5.14. The van der Waals surface area contributed by atoms with E-state index in [1.165, 1.54) is 0 Å². The van der Waals surface area contributed by atoms with E-state index < -0.39 is 0 Å². The lowest BCUT2D eigenvalue weighted by molar-refractivity contribution is -0.108. The highest BCUT2D eigenvalue weighted by Crippen LogP contribution is 2.37. The molecule has 0 radical (unpaired) electrons. The molecule has 3 nitrogen and oxygen atoms in total. The summed E-state index contributed by atoms with van der Waals surface area (Å²) in [4.78, 5) is 10.7. The average Bonchev–Trinajstić information content (AvgIpc) is 2.27. The normalized spacial score (nSPS) is 15.9. The van der Waals surface area contributed by atoms with E-state index in [1.54, 1.807) is 19.1 Å². The van der Waals surface area contributed by atoms with Gasteiger partial charge in [0.2, 0.25) is 0 Å². The van der Waals surface area contributed by atoms with Crippen LogP contribution in [0.1, 0.15) is 18.4 Å². The summed E-state index contributed by atoms with van der Waals surface area (Å²) in [6.07, 6.45) is 0.858. The molecule has 1 aromatic rings. The molecule has 0 N–H and O–H groups in total. The molecule has 15 heavy (non-hydrogen) atoms. The third-order valence-electron chi connectivity index (χ3n) is 2.36. The molecule has 1 aliphatic rings. The Morgan fingerprint density at radius 2 is 1.93 bits per heavy atom. The molecule has 0 spiro atoms. The SMILES string of the molecule is CC(C=O)c1cc2c(cc1Cl)OCCO2. The van der Waals surface area contributed by atoms with E-state index in [0.717, 1.165) is 11.8 Å². The topological polar surface area (TPSA) is 35.5 Å². The van der Waals surface area contributed by atoms with E-state index in [4.69, 9.17) is 21.1 Å². The van der Waals surface area contributed by atoms with Crippen LogP contribution in [0.2, 0.25) is 5.02 Å². The van der Waals surface area contributed by atoms with Gasteiger partial charge in [-0.05, 0) is 11.6 Å². The van der Waals surface area contributed by atoms with Gasteiger partial charge in [0.15, 0.2) is 11.5 Å². The van der Waals surface area contributed by atoms with Crippen LogP contribution in [-0.4, -0.2) is 19.5 Å². The number of rotatable bonds is 2. The number of aldehydes is 1. The monoisotopic (exact) mass is 226 g/mol. The molecular formula is C11H11ClO3. The van der Waals surface area contributed by atoms with Crippen LogP contribution < -0.4 is 9.47 Å². The number of carbonyl (C=O) groups excluding carboxylic acids is 1. The zero-order valence-corrected chi connectivity index (χ0v) is 9.08. The average molecular weight is 227 g/mol. The molecule has 0 bridgehead atoms. The lowest BCUT2D eigenvalue weighted by Crippen LogP contribution is -2.15. The van der Waals surface area contributed by atoms with Crippen molar-refractivity contribution in [3.8, 4) is 11.5 Å². The first-order chi connectivity index (χ1) is 7.22. The molecule has 0 saturated carbocycles. The fourth-order valence-corrected chi connectivity index (χ4v) is 1.83. The maximum atomic E-state index is 10.7. The lowest BCUT2D eigenvalue weighted by atomic mass is 10.0. The summed E-state index contributed by atoms with van der Waals surface area (Å²) >= 11 is 6.04. The molecule has 1 unspecified atom stereocenters. The van der Waals surface area contributed by atoms with Gasteiger partial charge >= 0.3 is 0 Å². The van der Waals surface area contributed by atoms with Crippen LogP contribution in [0, 0.1) is 0 Å². The molecule has 1 heterocycles. The minimum Gasteiger partial charge on any atom is -0.486 e. The molecule has 0 saturated heterocycles. The van der Waals surface area contributed by atoms with Gasteiger partial charge in [-0.25, -0.2) is 0 Å². The maximum absolute atomic E-state index is 10.7. The van der Waals surface area contributed by atoms with Crippen LogP contribution in [-0.2, 0) is 4.79 Å². The Labute approximate surface area is 92.9 Å². The van der Waals surface area contributed by atoms with Gasteiger partial charge < -0.3 is 14.3 Å². The minimum atomic E-state index is -0.228. The molecule has 0 aliphatic carbocycles. The fraction of sp³-hybridized carbons (Fsp3) is 0.364. The Kier molecular flexibility index (Phi) is 2.82. The zero-order valence-electron chi connectivity index (χ0n) is 8.33. The second kappa shape index (κ2) is 4.11. The van der Waals surface area contributed by atoms with Crippen molar-refractivity contribution in [1.29, 1.82) is 0 Å². The summed E-state index contributed by atoms with van der Waals surface area (Å²) in [5, 5.41) is 0.541. The molecule has 0 amide bonds. The van der Waals surface area contributed by atoms with Crippen LogP contribution >= 0.6 is 11.6 Å². The van der Waals surface area contributed by atoms with E-state index in [1.807, 2.05) is 0 Å². The van der Waals surface area contributed by atoms with Crippen molar-refractivity contribution < 1.29 is 14.3 Å². The molecule has 1 aliphatic heterocycles. The molecule has 0 aromatic heterocycles. The largest absolute Gasteiger partial charge is 0.486 e. The molecular weight excluding hydrogens is 216 g/mol. The minimum absolute atomic E-state index is 0.228. The summed E-state index contributed by atoms with van der Waals surface area (Å²) in [5.74, 6) is 1.08. The first-order valence-electron chi connectivity index (χ1n) is 4.76. The molecule has 4 heteroatoms. The smallest absolute Gasteiger partial charge is 0.162 e. The number of benzene rings is 1. The molecule has 2 rings (SSSR count). The second-order valence-corrected chi connectivity index (χ2v) is 3.85. The van der Waals surface area contributed by atoms with Crippen molar-refractivity contribution in [2.45, 2.75) is 12.8 Å². The molecule has 1 aromatic carbocycles. The van der Waals surface area contributed by atoms with E-state index in [0.29, 0.717) is 29.7 Å². The van der Waals surface area contributed by atoms with Crippen LogP contribution in [0.15, 0.2) is 12.1 Å². The predicted molar refractivity (Wildman–Crippen MR) is 56.9 cm³/mol. The van der Waals surface area contributed by atoms with E-state index in [9.17, 15) is 4.79 Å². The van der Waals surface area contributed by atoms with Crippen LogP contribution in [0.25, 0.3) is 0 Å². The number of carbonyl (C=O) groups is 1. The summed E-state index contributed by atoms with van der Waals surface area (Å²) in [5.41, 5.74) is 0.774. The van der Waals surface area contributed by atoms with E-state index in [-0.39, 0.29) is 5.92 Å². The van der Waals surface area contributed by atoms with Crippen molar-refractivity contribution >= 4 is 17.9 Å². The molecule has 1 atom stereocenters. The van der Waals surface area contributed by atoms with E-state index >= 15 is 0 Å².